The molecular formula is C27H39N3O6. The van der Waals surface area contributed by atoms with E-state index in [-0.39, 0.29) is 19.3 Å². The smallest absolute Gasteiger partial charge is 0.369 e. The lowest BCUT2D eigenvalue weighted by Crippen LogP contribution is -2.60. The predicted octanol–water partition coefficient (Wildman–Crippen LogP) is 2.96. The molecule has 0 saturated carbocycles. The second-order valence-electron chi connectivity index (χ2n) is 8.21. The summed E-state index contributed by atoms with van der Waals surface area (Å²) in [7, 11) is 2.88. The molecule has 2 atom stereocenters. The number of hydrogen-bond donors (Lipinski definition) is 4. The Labute approximate surface area is 213 Å². The summed E-state index contributed by atoms with van der Waals surface area (Å²) in [6, 6.07) is 11.8. The van der Waals surface area contributed by atoms with E-state index in [1.54, 1.807) is 19.1 Å². The lowest BCUT2D eigenvalue weighted by atomic mass is 10.1. The number of esters is 1. The first kappa shape index (κ1) is 29.0. The molecule has 2 aromatic rings. The van der Waals surface area contributed by atoms with Crippen LogP contribution in [-0.4, -0.2) is 63.4 Å². The Hall–Kier alpha value is -3.27. The van der Waals surface area contributed by atoms with Gasteiger partial charge in [-0.15, -0.1) is 0 Å². The van der Waals surface area contributed by atoms with E-state index in [2.05, 4.69) is 24.1 Å². The van der Waals surface area contributed by atoms with Gasteiger partial charge in [0.25, 0.3) is 5.72 Å². The highest BCUT2D eigenvalue weighted by molar-refractivity contribution is 5.80. The number of nitrogens with one attached hydrogen (secondary N) is 2. The summed E-state index contributed by atoms with van der Waals surface area (Å²) >= 11 is 0. The first-order chi connectivity index (χ1) is 17.4. The fraction of sp³-hybridized carbons (Fsp3) is 0.444. The van der Waals surface area contributed by atoms with E-state index in [9.17, 15) is 4.79 Å². The average molecular weight is 502 g/mol. The van der Waals surface area contributed by atoms with Gasteiger partial charge in [0.2, 0.25) is 0 Å². The van der Waals surface area contributed by atoms with Crippen LogP contribution in [0.25, 0.3) is 6.08 Å². The third-order valence-electron chi connectivity index (χ3n) is 5.52. The van der Waals surface area contributed by atoms with Crippen LogP contribution in [0.4, 0.5) is 5.69 Å². The minimum atomic E-state index is -1.62. The maximum atomic E-state index is 12.1. The summed E-state index contributed by atoms with van der Waals surface area (Å²) in [5, 5.41) is 13.7. The van der Waals surface area contributed by atoms with Crippen LogP contribution in [-0.2, 0) is 16.0 Å². The Morgan fingerprint density at radius 3 is 2.78 bits per heavy atom. The van der Waals surface area contributed by atoms with Crippen LogP contribution in [0.2, 0.25) is 0 Å². The van der Waals surface area contributed by atoms with Gasteiger partial charge in [-0.3, -0.25) is 5.73 Å². The topological polar surface area (TPSA) is 124 Å². The number of hydrogen-bond acceptors (Lipinski definition) is 9. The quantitative estimate of drug-likeness (QED) is 0.257. The summed E-state index contributed by atoms with van der Waals surface area (Å²) in [5.41, 5.74) is 7.46. The van der Waals surface area contributed by atoms with Crippen molar-refractivity contribution in [3.63, 3.8) is 0 Å². The highest BCUT2D eigenvalue weighted by Crippen LogP contribution is 2.35. The molecule has 1 aliphatic rings. The second-order valence-corrected chi connectivity index (χ2v) is 8.21. The van der Waals surface area contributed by atoms with Crippen LogP contribution in [0.3, 0.4) is 0 Å². The lowest BCUT2D eigenvalue weighted by Gasteiger charge is -2.33. The third kappa shape index (κ3) is 7.61. The zero-order valence-electron chi connectivity index (χ0n) is 21.6. The Morgan fingerprint density at radius 2 is 2.08 bits per heavy atom. The number of carbonyl (C=O) groups excluding carboxylic acids is 1. The molecule has 0 aliphatic carbocycles. The van der Waals surface area contributed by atoms with Gasteiger partial charge >= 0.3 is 5.97 Å². The zero-order valence-corrected chi connectivity index (χ0v) is 21.6. The van der Waals surface area contributed by atoms with Crippen LogP contribution in [0, 0.1) is 0 Å². The summed E-state index contributed by atoms with van der Waals surface area (Å²) in [6.45, 7) is 9.30. The van der Waals surface area contributed by atoms with Crippen molar-refractivity contribution in [2.75, 3.05) is 45.8 Å². The van der Waals surface area contributed by atoms with Gasteiger partial charge < -0.3 is 34.7 Å². The van der Waals surface area contributed by atoms with Gasteiger partial charge in [-0.05, 0) is 63.1 Å². The average Bonchev–Trinajstić information content (AvgIpc) is 2.89. The van der Waals surface area contributed by atoms with Gasteiger partial charge in [-0.1, -0.05) is 24.8 Å². The minimum absolute atomic E-state index is 0.0963. The molecular weight excluding hydrogens is 462 g/mol. The van der Waals surface area contributed by atoms with Crippen molar-refractivity contribution in [2.24, 2.45) is 5.73 Å². The highest BCUT2D eigenvalue weighted by atomic mass is 16.6. The Balaban J connectivity index is 0.00000222. The molecule has 3 rings (SSSR count). The maximum Gasteiger partial charge on any atom is 0.369 e. The fourth-order valence-corrected chi connectivity index (χ4v) is 3.77. The molecule has 0 amide bonds. The number of rotatable bonds is 12. The van der Waals surface area contributed by atoms with E-state index in [4.69, 9.17) is 29.8 Å². The third-order valence-corrected chi connectivity index (χ3v) is 5.52. The van der Waals surface area contributed by atoms with Crippen molar-refractivity contribution in [3.05, 3.63) is 54.1 Å². The second kappa shape index (κ2) is 14.3. The molecule has 0 aromatic heterocycles. The molecule has 2 aromatic carbocycles. The molecule has 0 fully saturated rings. The molecule has 0 bridgehead atoms. The van der Waals surface area contributed by atoms with Crippen LogP contribution in [0.15, 0.2) is 43.0 Å². The summed E-state index contributed by atoms with van der Waals surface area (Å²) in [4.78, 5) is 12.1. The minimum Gasteiger partial charge on any atom is -0.493 e. The number of aliphatic hydroxyl groups excluding tert-OH is 1. The number of ether oxygens (including phenoxy) is 4. The number of aliphatic hydroxyl groups is 1. The molecule has 0 radical (unpaired) electrons. The Bertz CT molecular complexity index is 999. The summed E-state index contributed by atoms with van der Waals surface area (Å²) in [5.74, 6) is 1.20. The van der Waals surface area contributed by atoms with Crippen molar-refractivity contribution < 1.29 is 28.8 Å². The standard InChI is InChI=1S/C26H35N3O5.CH4O/c1-5-20-21(28-4)9-7-10-22(20)32-14-8-13-29-18(3)15-19-11-12-23-24(16-19)33-17-26(27,34-23)25(30)31-6-2;1-2/h5,7,9-12,16,18,28-29H,1,6,8,13-15,17,27H2,2-4H3;2H,1H3. The van der Waals surface area contributed by atoms with Gasteiger partial charge in [0, 0.05) is 31.5 Å². The summed E-state index contributed by atoms with van der Waals surface area (Å²) in [6.07, 6.45) is 3.49. The first-order valence-electron chi connectivity index (χ1n) is 12.0. The molecule has 9 heteroatoms. The number of anilines is 1. The highest BCUT2D eigenvalue weighted by Gasteiger charge is 2.43. The fourth-order valence-electron chi connectivity index (χ4n) is 3.77. The van der Waals surface area contributed by atoms with E-state index in [1.807, 2.05) is 37.4 Å². The maximum absolute atomic E-state index is 12.1. The molecule has 198 valence electrons. The normalized spacial score (nSPS) is 16.7. The SMILES string of the molecule is C=Cc1c(NC)cccc1OCCCNC(C)Cc1ccc2c(c1)OCC(N)(C(=O)OCC)O2.CO. The van der Waals surface area contributed by atoms with Gasteiger partial charge in [0.15, 0.2) is 18.1 Å². The van der Waals surface area contributed by atoms with Crippen LogP contribution in [0.1, 0.15) is 31.4 Å². The molecule has 1 aliphatic heterocycles. The van der Waals surface area contributed by atoms with E-state index >= 15 is 0 Å². The van der Waals surface area contributed by atoms with Gasteiger partial charge in [0.1, 0.15) is 5.75 Å². The van der Waals surface area contributed by atoms with E-state index < -0.39 is 11.7 Å². The predicted molar refractivity (Wildman–Crippen MR) is 142 cm³/mol. The monoisotopic (exact) mass is 501 g/mol. The summed E-state index contributed by atoms with van der Waals surface area (Å²) < 4.78 is 22.4. The molecule has 5 N–H and O–H groups in total. The van der Waals surface area contributed by atoms with Gasteiger partial charge in [-0.25, -0.2) is 4.79 Å². The molecule has 1 heterocycles. The van der Waals surface area contributed by atoms with E-state index in [0.29, 0.717) is 18.1 Å². The van der Waals surface area contributed by atoms with Gasteiger partial charge in [0.05, 0.1) is 13.2 Å². The molecule has 9 nitrogen and oxygen atoms in total. The van der Waals surface area contributed by atoms with Crippen molar-refractivity contribution in [1.29, 1.82) is 0 Å². The van der Waals surface area contributed by atoms with E-state index in [1.165, 1.54) is 0 Å². The van der Waals surface area contributed by atoms with Gasteiger partial charge in [-0.2, -0.15) is 0 Å². The first-order valence-corrected chi connectivity index (χ1v) is 12.0. The Kier molecular flexibility index (Phi) is 11.5. The number of benzene rings is 2. The Morgan fingerprint density at radius 1 is 1.31 bits per heavy atom. The molecule has 2 unspecified atom stereocenters. The van der Waals surface area contributed by atoms with Crippen molar-refractivity contribution in [2.45, 2.75) is 38.5 Å². The zero-order chi connectivity index (χ0) is 26.6. The van der Waals surface area contributed by atoms with Crippen molar-refractivity contribution >= 4 is 17.7 Å². The molecule has 0 spiro atoms. The number of carbonyl (C=O) groups is 1. The molecule has 0 saturated heterocycles. The number of fused-ring (bicyclic) bond motifs is 1. The van der Waals surface area contributed by atoms with Crippen molar-refractivity contribution in [1.82, 2.24) is 5.32 Å². The van der Waals surface area contributed by atoms with Crippen LogP contribution in [0.5, 0.6) is 17.2 Å². The van der Waals surface area contributed by atoms with Crippen LogP contribution >= 0.6 is 0 Å². The lowest BCUT2D eigenvalue weighted by molar-refractivity contribution is -0.166. The number of nitrogens with two attached hydrogens (primary N) is 1. The largest absolute Gasteiger partial charge is 0.493 e. The van der Waals surface area contributed by atoms with E-state index in [0.717, 1.165) is 49.1 Å². The molecule has 36 heavy (non-hydrogen) atoms. The van der Waals surface area contributed by atoms with Crippen molar-refractivity contribution in [3.8, 4) is 17.2 Å². The van der Waals surface area contributed by atoms with Crippen LogP contribution < -0.4 is 30.6 Å².